The van der Waals surface area contributed by atoms with E-state index in [-0.39, 0.29) is 0 Å². The van der Waals surface area contributed by atoms with Crippen LogP contribution in [0.15, 0.2) is 36.5 Å². The van der Waals surface area contributed by atoms with E-state index in [9.17, 15) is 0 Å². The smallest absolute Gasteiger partial charge is 0.0722 e. The molecule has 0 amide bonds. The first-order valence-corrected chi connectivity index (χ1v) is 5.88. The molecule has 1 aromatic heterocycles. The van der Waals surface area contributed by atoms with Gasteiger partial charge in [-0.15, -0.1) is 0 Å². The summed E-state index contributed by atoms with van der Waals surface area (Å²) >= 11 is 0. The summed E-state index contributed by atoms with van der Waals surface area (Å²) in [4.78, 5) is 6.69. The summed E-state index contributed by atoms with van der Waals surface area (Å²) in [6.45, 7) is 3.32. The van der Waals surface area contributed by atoms with Crippen LogP contribution in [0.2, 0.25) is 0 Å². The second kappa shape index (κ2) is 4.97. The molecule has 0 unspecified atom stereocenters. The number of para-hydroxylation sites is 1. The molecule has 0 fully saturated rings. The van der Waals surface area contributed by atoms with Crippen molar-refractivity contribution in [3.8, 4) is 0 Å². The predicted molar refractivity (Wildman–Crippen MR) is 69.9 cm³/mol. The van der Waals surface area contributed by atoms with E-state index in [0.717, 1.165) is 12.1 Å². The van der Waals surface area contributed by atoms with Crippen LogP contribution in [0, 0.1) is 0 Å². The van der Waals surface area contributed by atoms with Crippen molar-refractivity contribution in [2.45, 2.75) is 19.8 Å². The maximum Gasteiger partial charge on any atom is 0.0722 e. The molecule has 0 saturated heterocycles. The highest BCUT2D eigenvalue weighted by Gasteiger charge is 2.05. The fourth-order valence-electron chi connectivity index (χ4n) is 1.93. The van der Waals surface area contributed by atoms with Crippen molar-refractivity contribution in [2.24, 2.45) is 0 Å². The fraction of sp³-hybridized carbons (Fsp3) is 0.357. The lowest BCUT2D eigenvalue weighted by Crippen LogP contribution is -2.18. The molecule has 0 saturated carbocycles. The average molecular weight is 214 g/mol. The average Bonchev–Trinajstić information content (AvgIpc) is 2.35. The van der Waals surface area contributed by atoms with Crippen molar-refractivity contribution >= 4 is 16.6 Å². The zero-order chi connectivity index (χ0) is 11.4. The Balaban J connectivity index is 2.36. The summed E-state index contributed by atoms with van der Waals surface area (Å²) in [7, 11) is 2.15. The van der Waals surface area contributed by atoms with Crippen molar-refractivity contribution in [2.75, 3.05) is 18.5 Å². The third-order valence-corrected chi connectivity index (χ3v) is 2.88. The highest BCUT2D eigenvalue weighted by atomic mass is 15.1. The maximum atomic E-state index is 4.38. The molecule has 0 aliphatic carbocycles. The Morgan fingerprint density at radius 1 is 1.19 bits per heavy atom. The molecule has 0 aliphatic rings. The van der Waals surface area contributed by atoms with Crippen LogP contribution in [-0.2, 0) is 0 Å². The lowest BCUT2D eigenvalue weighted by molar-refractivity contribution is 0.768. The number of unbranched alkanes of at least 4 members (excludes halogenated alkanes) is 1. The number of nitrogens with zero attached hydrogens (tertiary/aromatic N) is 2. The first-order valence-electron chi connectivity index (χ1n) is 5.88. The SMILES string of the molecule is CCCCN(C)c1ccnc2ccccc12. The van der Waals surface area contributed by atoms with E-state index in [4.69, 9.17) is 0 Å². The molecule has 1 heterocycles. The number of hydrogen-bond donors (Lipinski definition) is 0. The minimum absolute atomic E-state index is 1.07. The number of fused-ring (bicyclic) bond motifs is 1. The van der Waals surface area contributed by atoms with E-state index in [1.54, 1.807) is 0 Å². The van der Waals surface area contributed by atoms with Gasteiger partial charge in [-0.2, -0.15) is 0 Å². The second-order valence-electron chi connectivity index (χ2n) is 4.12. The number of aromatic nitrogens is 1. The third kappa shape index (κ3) is 2.16. The summed E-state index contributed by atoms with van der Waals surface area (Å²) in [6, 6.07) is 10.4. The van der Waals surface area contributed by atoms with Crippen molar-refractivity contribution in [1.29, 1.82) is 0 Å². The molecule has 0 atom stereocenters. The normalized spacial score (nSPS) is 10.6. The van der Waals surface area contributed by atoms with Gasteiger partial charge in [-0.05, 0) is 18.6 Å². The Bertz CT molecular complexity index is 460. The van der Waals surface area contributed by atoms with Gasteiger partial charge in [0.1, 0.15) is 0 Å². The molecule has 0 aliphatic heterocycles. The van der Waals surface area contributed by atoms with E-state index in [0.29, 0.717) is 0 Å². The van der Waals surface area contributed by atoms with Crippen LogP contribution in [0.3, 0.4) is 0 Å². The van der Waals surface area contributed by atoms with Crippen LogP contribution in [0.5, 0.6) is 0 Å². The molecule has 1 aromatic carbocycles. The lowest BCUT2D eigenvalue weighted by atomic mass is 10.1. The van der Waals surface area contributed by atoms with Crippen LogP contribution >= 0.6 is 0 Å². The molecule has 84 valence electrons. The number of anilines is 1. The van der Waals surface area contributed by atoms with Gasteiger partial charge in [-0.3, -0.25) is 4.98 Å². The lowest BCUT2D eigenvalue weighted by Gasteiger charge is -2.20. The number of pyridine rings is 1. The first-order chi connectivity index (χ1) is 7.83. The molecule has 16 heavy (non-hydrogen) atoms. The molecule has 2 heteroatoms. The zero-order valence-electron chi connectivity index (χ0n) is 9.98. The van der Waals surface area contributed by atoms with Crippen molar-refractivity contribution in [3.05, 3.63) is 36.5 Å². The Hall–Kier alpha value is -1.57. The Morgan fingerprint density at radius 2 is 2.00 bits per heavy atom. The largest absolute Gasteiger partial charge is 0.374 e. The van der Waals surface area contributed by atoms with Crippen LogP contribution in [0.1, 0.15) is 19.8 Å². The summed E-state index contributed by atoms with van der Waals surface area (Å²) in [5, 5.41) is 1.24. The van der Waals surface area contributed by atoms with Crippen molar-refractivity contribution in [3.63, 3.8) is 0 Å². The van der Waals surface area contributed by atoms with Gasteiger partial charge in [-0.1, -0.05) is 31.5 Å². The summed E-state index contributed by atoms with van der Waals surface area (Å²) < 4.78 is 0. The summed E-state index contributed by atoms with van der Waals surface area (Å²) in [6.07, 6.45) is 4.35. The molecular formula is C14H18N2. The Morgan fingerprint density at radius 3 is 2.81 bits per heavy atom. The van der Waals surface area contributed by atoms with Gasteiger partial charge < -0.3 is 4.90 Å². The van der Waals surface area contributed by atoms with Crippen LogP contribution in [0.4, 0.5) is 5.69 Å². The van der Waals surface area contributed by atoms with Gasteiger partial charge in [0.05, 0.1) is 5.52 Å². The van der Waals surface area contributed by atoms with Gasteiger partial charge in [0.15, 0.2) is 0 Å². The third-order valence-electron chi connectivity index (χ3n) is 2.88. The first kappa shape index (κ1) is 10.9. The minimum atomic E-state index is 1.07. The fourth-order valence-corrected chi connectivity index (χ4v) is 1.93. The Labute approximate surface area is 96.9 Å². The highest BCUT2D eigenvalue weighted by Crippen LogP contribution is 2.24. The quantitative estimate of drug-likeness (QED) is 0.774. The highest BCUT2D eigenvalue weighted by molar-refractivity contribution is 5.91. The maximum absolute atomic E-state index is 4.38. The van der Waals surface area contributed by atoms with Gasteiger partial charge in [-0.25, -0.2) is 0 Å². The van der Waals surface area contributed by atoms with Crippen LogP contribution in [0.25, 0.3) is 10.9 Å². The topological polar surface area (TPSA) is 16.1 Å². The summed E-state index contributed by atoms with van der Waals surface area (Å²) in [5.74, 6) is 0. The van der Waals surface area contributed by atoms with Gasteiger partial charge in [0, 0.05) is 30.9 Å². The van der Waals surface area contributed by atoms with Gasteiger partial charge in [0.2, 0.25) is 0 Å². The monoisotopic (exact) mass is 214 g/mol. The molecule has 0 bridgehead atoms. The minimum Gasteiger partial charge on any atom is -0.374 e. The van der Waals surface area contributed by atoms with E-state index in [1.165, 1.54) is 23.9 Å². The van der Waals surface area contributed by atoms with Gasteiger partial charge in [0.25, 0.3) is 0 Å². The van der Waals surface area contributed by atoms with Crippen LogP contribution in [-0.4, -0.2) is 18.6 Å². The Kier molecular flexibility index (Phi) is 3.40. The molecule has 2 rings (SSSR count). The summed E-state index contributed by atoms with van der Waals surface area (Å²) in [5.41, 5.74) is 2.35. The van der Waals surface area contributed by atoms with E-state index < -0.39 is 0 Å². The molecule has 2 aromatic rings. The number of benzene rings is 1. The van der Waals surface area contributed by atoms with Crippen molar-refractivity contribution < 1.29 is 0 Å². The molecule has 0 N–H and O–H groups in total. The van der Waals surface area contributed by atoms with Gasteiger partial charge >= 0.3 is 0 Å². The molecule has 2 nitrogen and oxygen atoms in total. The molecule has 0 radical (unpaired) electrons. The predicted octanol–water partition coefficient (Wildman–Crippen LogP) is 3.47. The molecule has 0 spiro atoms. The number of rotatable bonds is 4. The van der Waals surface area contributed by atoms with Crippen molar-refractivity contribution in [1.82, 2.24) is 4.98 Å². The zero-order valence-corrected chi connectivity index (χ0v) is 9.98. The van der Waals surface area contributed by atoms with E-state index >= 15 is 0 Å². The number of hydrogen-bond acceptors (Lipinski definition) is 2. The van der Waals surface area contributed by atoms with E-state index in [1.807, 2.05) is 12.3 Å². The standard InChI is InChI=1S/C14H18N2/c1-3-4-11-16(2)14-9-10-15-13-8-6-5-7-12(13)14/h5-10H,3-4,11H2,1-2H3. The second-order valence-corrected chi connectivity index (χ2v) is 4.12. The molecular weight excluding hydrogens is 196 g/mol. The van der Waals surface area contributed by atoms with Crippen LogP contribution < -0.4 is 4.90 Å². The van der Waals surface area contributed by atoms with E-state index in [2.05, 4.69) is 48.1 Å².